The summed E-state index contributed by atoms with van der Waals surface area (Å²) >= 11 is 0. The molecule has 0 amide bonds. The summed E-state index contributed by atoms with van der Waals surface area (Å²) in [5.41, 5.74) is 1.28. The van der Waals surface area contributed by atoms with Crippen molar-refractivity contribution >= 4 is 0 Å². The van der Waals surface area contributed by atoms with E-state index >= 15 is 0 Å². The highest BCUT2D eigenvalue weighted by Gasteiger charge is 2.29. The minimum absolute atomic E-state index is 0.362. The van der Waals surface area contributed by atoms with E-state index in [9.17, 15) is 0 Å². The number of hydrogen-bond donors (Lipinski definition) is 0. The molecule has 0 saturated heterocycles. The van der Waals surface area contributed by atoms with Crippen LogP contribution in [0.1, 0.15) is 59.3 Å². The van der Waals surface area contributed by atoms with Crippen LogP contribution in [0.3, 0.4) is 0 Å². The fraction of sp³-hybridized carbons (Fsp3) is 0.882. The van der Waals surface area contributed by atoms with Crippen LogP contribution in [0.5, 0.6) is 0 Å². The molecule has 0 N–H and O–H groups in total. The molecule has 2 nitrogen and oxygen atoms in total. The molecule has 3 atom stereocenters. The van der Waals surface area contributed by atoms with Gasteiger partial charge in [-0.05, 0) is 38.5 Å². The first-order valence-electron chi connectivity index (χ1n) is 7.99. The zero-order valence-corrected chi connectivity index (χ0v) is 13.1. The van der Waals surface area contributed by atoms with Crippen molar-refractivity contribution in [3.63, 3.8) is 0 Å². The average Bonchev–Trinajstić information content (AvgIpc) is 2.37. The summed E-state index contributed by atoms with van der Waals surface area (Å²) in [6, 6.07) is 0. The van der Waals surface area contributed by atoms with Crippen LogP contribution in [-0.4, -0.2) is 25.9 Å². The van der Waals surface area contributed by atoms with Crippen LogP contribution in [0.2, 0.25) is 0 Å². The summed E-state index contributed by atoms with van der Waals surface area (Å²) in [6.07, 6.45) is 7.77. The van der Waals surface area contributed by atoms with E-state index in [1.54, 1.807) is 0 Å². The van der Waals surface area contributed by atoms with Crippen LogP contribution in [-0.2, 0) is 9.47 Å². The van der Waals surface area contributed by atoms with Gasteiger partial charge in [-0.15, -0.1) is 0 Å². The Bertz CT molecular complexity index is 250. The fourth-order valence-electron chi connectivity index (χ4n) is 2.89. The molecule has 3 unspecified atom stereocenters. The molecule has 1 saturated carbocycles. The second-order valence-electron chi connectivity index (χ2n) is 6.10. The summed E-state index contributed by atoms with van der Waals surface area (Å²) in [5, 5.41) is 0. The maximum Gasteiger partial charge on any atom is 0.0704 e. The lowest BCUT2D eigenvalue weighted by Gasteiger charge is -2.35. The summed E-state index contributed by atoms with van der Waals surface area (Å²) in [5.74, 6) is 1.34. The lowest BCUT2D eigenvalue weighted by molar-refractivity contribution is -0.0387. The van der Waals surface area contributed by atoms with Crippen molar-refractivity contribution in [3.05, 3.63) is 12.2 Å². The second kappa shape index (κ2) is 9.55. The molecule has 0 spiro atoms. The van der Waals surface area contributed by atoms with Crippen molar-refractivity contribution in [1.82, 2.24) is 0 Å². The molecule has 0 aromatic heterocycles. The fourth-order valence-corrected chi connectivity index (χ4v) is 2.89. The summed E-state index contributed by atoms with van der Waals surface area (Å²) in [4.78, 5) is 0. The van der Waals surface area contributed by atoms with E-state index in [0.717, 1.165) is 25.7 Å². The monoisotopic (exact) mass is 268 g/mol. The van der Waals surface area contributed by atoms with E-state index in [4.69, 9.17) is 9.47 Å². The molecular formula is C17H32O2. The molecule has 0 bridgehead atoms. The van der Waals surface area contributed by atoms with Crippen molar-refractivity contribution in [2.75, 3.05) is 19.8 Å². The topological polar surface area (TPSA) is 18.5 Å². The van der Waals surface area contributed by atoms with Crippen LogP contribution in [0, 0.1) is 11.8 Å². The van der Waals surface area contributed by atoms with Gasteiger partial charge in [-0.2, -0.15) is 0 Å². The van der Waals surface area contributed by atoms with Gasteiger partial charge >= 0.3 is 0 Å². The summed E-state index contributed by atoms with van der Waals surface area (Å²) in [7, 11) is 0. The smallest absolute Gasteiger partial charge is 0.0704 e. The average molecular weight is 268 g/mol. The van der Waals surface area contributed by atoms with E-state index < -0.39 is 0 Å². The molecule has 0 aromatic rings. The molecular weight excluding hydrogens is 236 g/mol. The number of hydrogen-bond acceptors (Lipinski definition) is 2. The highest BCUT2D eigenvalue weighted by molar-refractivity contribution is 5.02. The Labute approximate surface area is 119 Å². The van der Waals surface area contributed by atoms with Gasteiger partial charge in [0.15, 0.2) is 0 Å². The van der Waals surface area contributed by atoms with E-state index in [2.05, 4.69) is 27.4 Å². The van der Waals surface area contributed by atoms with Gasteiger partial charge in [0.2, 0.25) is 0 Å². The van der Waals surface area contributed by atoms with Crippen LogP contribution in [0.15, 0.2) is 12.2 Å². The Morgan fingerprint density at radius 2 is 1.95 bits per heavy atom. The minimum atomic E-state index is 0.362. The van der Waals surface area contributed by atoms with Gasteiger partial charge in [0.25, 0.3) is 0 Å². The van der Waals surface area contributed by atoms with Crippen molar-refractivity contribution in [2.45, 2.75) is 65.4 Å². The first-order valence-corrected chi connectivity index (χ1v) is 7.99. The molecule has 1 aliphatic rings. The first kappa shape index (κ1) is 16.7. The zero-order valence-electron chi connectivity index (χ0n) is 13.1. The van der Waals surface area contributed by atoms with Gasteiger partial charge in [0, 0.05) is 12.5 Å². The SMILES string of the molecule is C=C(C)C1CCC(C)CC1OCCOCCCCC. The maximum absolute atomic E-state index is 6.05. The van der Waals surface area contributed by atoms with Gasteiger partial charge in [-0.25, -0.2) is 0 Å². The predicted molar refractivity (Wildman–Crippen MR) is 81.4 cm³/mol. The van der Waals surface area contributed by atoms with Crippen LogP contribution >= 0.6 is 0 Å². The lowest BCUT2D eigenvalue weighted by atomic mass is 9.78. The van der Waals surface area contributed by atoms with E-state index in [1.165, 1.54) is 44.1 Å². The molecule has 0 radical (unpaired) electrons. The zero-order chi connectivity index (χ0) is 14.1. The molecule has 112 valence electrons. The maximum atomic E-state index is 6.05. The quantitative estimate of drug-likeness (QED) is 0.450. The van der Waals surface area contributed by atoms with Crippen molar-refractivity contribution in [2.24, 2.45) is 11.8 Å². The minimum Gasteiger partial charge on any atom is -0.379 e. The second-order valence-corrected chi connectivity index (χ2v) is 6.10. The van der Waals surface area contributed by atoms with Gasteiger partial charge in [0.05, 0.1) is 19.3 Å². The van der Waals surface area contributed by atoms with Crippen LogP contribution < -0.4 is 0 Å². The van der Waals surface area contributed by atoms with E-state index in [-0.39, 0.29) is 0 Å². The molecule has 0 heterocycles. The highest BCUT2D eigenvalue weighted by Crippen LogP contribution is 2.34. The van der Waals surface area contributed by atoms with Crippen LogP contribution in [0.4, 0.5) is 0 Å². The number of rotatable bonds is 9. The Balaban J connectivity index is 2.16. The largest absolute Gasteiger partial charge is 0.379 e. The Hall–Kier alpha value is -0.340. The van der Waals surface area contributed by atoms with E-state index in [1.807, 2.05) is 0 Å². The molecule has 19 heavy (non-hydrogen) atoms. The summed E-state index contributed by atoms with van der Waals surface area (Å²) < 4.78 is 11.6. The first-order chi connectivity index (χ1) is 9.15. The number of ether oxygens (including phenoxy) is 2. The third-order valence-corrected chi connectivity index (χ3v) is 4.14. The third-order valence-electron chi connectivity index (χ3n) is 4.14. The Morgan fingerprint density at radius 1 is 1.16 bits per heavy atom. The normalized spacial score (nSPS) is 27.4. The molecule has 1 fully saturated rings. The molecule has 1 aliphatic carbocycles. The van der Waals surface area contributed by atoms with E-state index in [0.29, 0.717) is 12.0 Å². The molecule has 0 aliphatic heterocycles. The predicted octanol–water partition coefficient (Wildman–Crippen LogP) is 4.59. The highest BCUT2D eigenvalue weighted by atomic mass is 16.5. The van der Waals surface area contributed by atoms with Gasteiger partial charge in [0.1, 0.15) is 0 Å². The number of unbranched alkanes of at least 4 members (excludes halogenated alkanes) is 2. The van der Waals surface area contributed by atoms with Crippen molar-refractivity contribution in [3.8, 4) is 0 Å². The molecule has 0 aromatic carbocycles. The van der Waals surface area contributed by atoms with Crippen LogP contribution in [0.25, 0.3) is 0 Å². The Morgan fingerprint density at radius 3 is 2.63 bits per heavy atom. The standard InChI is InChI=1S/C17H32O2/c1-5-6-7-10-18-11-12-19-17-13-15(4)8-9-16(17)14(2)3/h15-17H,2,5-13H2,1,3-4H3. The molecule has 2 heteroatoms. The van der Waals surface area contributed by atoms with Gasteiger partial charge in [-0.3, -0.25) is 0 Å². The van der Waals surface area contributed by atoms with Gasteiger partial charge in [-0.1, -0.05) is 38.8 Å². The lowest BCUT2D eigenvalue weighted by Crippen LogP contribution is -2.32. The van der Waals surface area contributed by atoms with Gasteiger partial charge < -0.3 is 9.47 Å². The third kappa shape index (κ3) is 6.58. The van der Waals surface area contributed by atoms with Crippen molar-refractivity contribution in [1.29, 1.82) is 0 Å². The Kier molecular flexibility index (Phi) is 8.40. The van der Waals surface area contributed by atoms with Crippen molar-refractivity contribution < 1.29 is 9.47 Å². The molecule has 1 rings (SSSR count). The summed E-state index contributed by atoms with van der Waals surface area (Å²) in [6.45, 7) is 13.1.